The van der Waals surface area contributed by atoms with Gasteiger partial charge in [-0.3, -0.25) is 4.90 Å². The van der Waals surface area contributed by atoms with Gasteiger partial charge < -0.3 is 9.64 Å². The van der Waals surface area contributed by atoms with E-state index in [4.69, 9.17) is 4.74 Å². The average Bonchev–Trinajstić information content (AvgIpc) is 3.02. The number of halogens is 1. The van der Waals surface area contributed by atoms with Gasteiger partial charge in [-0.1, -0.05) is 30.3 Å². The molecule has 2 aromatic rings. The van der Waals surface area contributed by atoms with E-state index in [-0.39, 0.29) is 17.0 Å². The molecule has 1 saturated heterocycles. The van der Waals surface area contributed by atoms with Crippen LogP contribution in [0.25, 0.3) is 0 Å². The largest absolute Gasteiger partial charge is 0.373 e. The zero-order chi connectivity index (χ0) is 20.2. The minimum absolute atomic E-state index is 0.0545. The Kier molecular flexibility index (Phi) is 4.48. The lowest BCUT2D eigenvalue weighted by atomic mass is 9.64. The Morgan fingerprint density at radius 1 is 1.03 bits per heavy atom. The van der Waals surface area contributed by atoms with E-state index in [0.29, 0.717) is 12.0 Å². The molecule has 1 saturated carbocycles. The molecule has 154 valence electrons. The molecule has 4 heteroatoms. The monoisotopic (exact) mass is 394 g/mol. The predicted molar refractivity (Wildman–Crippen MR) is 115 cm³/mol. The number of hydrogen-bond acceptors (Lipinski definition) is 3. The van der Waals surface area contributed by atoms with Gasteiger partial charge in [0.05, 0.1) is 11.6 Å². The van der Waals surface area contributed by atoms with Crippen molar-refractivity contribution in [1.29, 1.82) is 0 Å². The maximum Gasteiger partial charge on any atom is 0.123 e. The summed E-state index contributed by atoms with van der Waals surface area (Å²) in [4.78, 5) is 4.78. The highest BCUT2D eigenvalue weighted by Crippen LogP contribution is 2.56. The number of hydrogen-bond donors (Lipinski definition) is 0. The standard InChI is InChI=1S/C25H31FN2O/c1-27(2)24(18-7-5-4-6-8-18)12-14-25(15-13-24)23-20(11-16-29-25)21-17-19(26)9-10-22(21)28(23)3/h4-10,17,20,23H,11-16H2,1-3H3. The van der Waals surface area contributed by atoms with E-state index in [2.05, 4.69) is 61.3 Å². The van der Waals surface area contributed by atoms with Crippen molar-refractivity contribution in [3.8, 4) is 0 Å². The fourth-order valence-electron chi connectivity index (χ4n) is 6.51. The molecule has 2 fully saturated rings. The second-order valence-corrected chi connectivity index (χ2v) is 9.36. The maximum absolute atomic E-state index is 14.0. The zero-order valence-corrected chi connectivity index (χ0v) is 17.7. The van der Waals surface area contributed by atoms with Crippen molar-refractivity contribution in [2.45, 2.75) is 55.2 Å². The minimum atomic E-state index is -0.151. The maximum atomic E-state index is 14.0. The van der Waals surface area contributed by atoms with Crippen molar-refractivity contribution in [3.63, 3.8) is 0 Å². The topological polar surface area (TPSA) is 15.7 Å². The molecule has 2 heterocycles. The molecule has 0 N–H and O–H groups in total. The number of likely N-dealkylation sites (N-methyl/N-ethyl adjacent to an activating group) is 1. The van der Waals surface area contributed by atoms with Gasteiger partial charge in [0.1, 0.15) is 5.82 Å². The van der Waals surface area contributed by atoms with E-state index in [1.165, 1.54) is 16.8 Å². The SMILES string of the molecule is CN1c2ccc(F)cc2C2CCOC3(CCC(c4ccccc4)(N(C)C)CC3)C21. The minimum Gasteiger partial charge on any atom is -0.373 e. The molecule has 0 aromatic heterocycles. The first-order valence-electron chi connectivity index (χ1n) is 10.9. The van der Waals surface area contributed by atoms with Crippen LogP contribution in [0.4, 0.5) is 10.1 Å². The highest BCUT2D eigenvalue weighted by atomic mass is 19.1. The van der Waals surface area contributed by atoms with E-state index in [9.17, 15) is 4.39 Å². The van der Waals surface area contributed by atoms with Gasteiger partial charge in [-0.15, -0.1) is 0 Å². The molecule has 2 aromatic carbocycles. The Bertz CT molecular complexity index is 889. The fraction of sp³-hybridized carbons (Fsp3) is 0.520. The Hall–Kier alpha value is -1.91. The molecule has 2 atom stereocenters. The van der Waals surface area contributed by atoms with Gasteiger partial charge in [0.2, 0.25) is 0 Å². The second kappa shape index (κ2) is 6.82. The van der Waals surface area contributed by atoms with E-state index in [1.54, 1.807) is 12.1 Å². The summed E-state index contributed by atoms with van der Waals surface area (Å²) in [5.41, 5.74) is 3.66. The number of fused-ring (bicyclic) bond motifs is 4. The van der Waals surface area contributed by atoms with Gasteiger partial charge in [-0.2, -0.15) is 0 Å². The van der Waals surface area contributed by atoms with Crippen molar-refractivity contribution in [2.24, 2.45) is 0 Å². The first kappa shape index (κ1) is 19.1. The van der Waals surface area contributed by atoms with Gasteiger partial charge in [0.25, 0.3) is 0 Å². The van der Waals surface area contributed by atoms with Crippen LogP contribution in [0, 0.1) is 5.82 Å². The van der Waals surface area contributed by atoms with E-state index in [0.717, 1.165) is 38.7 Å². The number of nitrogens with zero attached hydrogens (tertiary/aromatic N) is 2. The third kappa shape index (κ3) is 2.76. The van der Waals surface area contributed by atoms with Crippen LogP contribution in [-0.2, 0) is 10.3 Å². The Morgan fingerprint density at radius 3 is 2.45 bits per heavy atom. The van der Waals surface area contributed by atoms with Crippen LogP contribution in [0.15, 0.2) is 48.5 Å². The summed E-state index contributed by atoms with van der Waals surface area (Å²) in [5.74, 6) is 0.237. The van der Waals surface area contributed by atoms with Gasteiger partial charge in [0, 0.05) is 30.8 Å². The highest BCUT2D eigenvalue weighted by Gasteiger charge is 2.56. The van der Waals surface area contributed by atoms with Gasteiger partial charge in [-0.05, 0) is 75.5 Å². The summed E-state index contributed by atoms with van der Waals surface area (Å²) in [6.45, 7) is 0.769. The van der Waals surface area contributed by atoms with Gasteiger partial charge >= 0.3 is 0 Å². The molecular formula is C25H31FN2O. The Morgan fingerprint density at radius 2 is 1.76 bits per heavy atom. The van der Waals surface area contributed by atoms with E-state index in [1.807, 2.05) is 6.07 Å². The van der Waals surface area contributed by atoms with Crippen molar-refractivity contribution < 1.29 is 9.13 Å². The van der Waals surface area contributed by atoms with Crippen LogP contribution < -0.4 is 4.90 Å². The molecule has 5 rings (SSSR count). The summed E-state index contributed by atoms with van der Waals surface area (Å²) in [6, 6.07) is 16.5. The quantitative estimate of drug-likeness (QED) is 0.719. The smallest absolute Gasteiger partial charge is 0.123 e. The lowest BCUT2D eigenvalue weighted by Crippen LogP contribution is -2.61. The van der Waals surface area contributed by atoms with Crippen LogP contribution >= 0.6 is 0 Å². The number of rotatable bonds is 2. The zero-order valence-electron chi connectivity index (χ0n) is 17.7. The summed E-state index contributed by atoms with van der Waals surface area (Å²) < 4.78 is 20.6. The third-order valence-corrected chi connectivity index (χ3v) is 8.02. The van der Waals surface area contributed by atoms with E-state index >= 15 is 0 Å². The molecule has 0 radical (unpaired) electrons. The molecule has 29 heavy (non-hydrogen) atoms. The molecule has 1 aliphatic carbocycles. The van der Waals surface area contributed by atoms with Gasteiger partial charge in [-0.25, -0.2) is 4.39 Å². The number of anilines is 1. The summed E-state index contributed by atoms with van der Waals surface area (Å²) in [6.07, 6.45) is 5.19. The fourth-order valence-corrected chi connectivity index (χ4v) is 6.51. The lowest BCUT2D eigenvalue weighted by Gasteiger charge is -2.55. The Labute approximate surface area is 173 Å². The van der Waals surface area contributed by atoms with Gasteiger partial charge in [0.15, 0.2) is 0 Å². The molecule has 0 amide bonds. The molecule has 3 aliphatic rings. The molecule has 0 bridgehead atoms. The first-order chi connectivity index (χ1) is 14.0. The first-order valence-corrected chi connectivity index (χ1v) is 10.9. The number of ether oxygens (including phenoxy) is 1. The van der Waals surface area contributed by atoms with Crippen LogP contribution in [0.5, 0.6) is 0 Å². The Balaban J connectivity index is 1.47. The summed E-state index contributed by atoms with van der Waals surface area (Å²) >= 11 is 0. The number of benzene rings is 2. The summed E-state index contributed by atoms with van der Waals surface area (Å²) in [7, 11) is 6.58. The van der Waals surface area contributed by atoms with Crippen molar-refractivity contribution in [2.75, 3.05) is 32.6 Å². The molecule has 2 aliphatic heterocycles. The normalized spacial score (nSPS) is 33.8. The molecule has 3 nitrogen and oxygen atoms in total. The van der Waals surface area contributed by atoms with Crippen LogP contribution in [-0.4, -0.2) is 44.3 Å². The summed E-state index contributed by atoms with van der Waals surface area (Å²) in [5, 5.41) is 0. The average molecular weight is 395 g/mol. The molecular weight excluding hydrogens is 363 g/mol. The highest BCUT2D eigenvalue weighted by molar-refractivity contribution is 5.62. The molecule has 1 spiro atoms. The van der Waals surface area contributed by atoms with Crippen molar-refractivity contribution in [1.82, 2.24) is 4.90 Å². The van der Waals surface area contributed by atoms with Crippen LogP contribution in [0.3, 0.4) is 0 Å². The van der Waals surface area contributed by atoms with Crippen LogP contribution in [0.2, 0.25) is 0 Å². The van der Waals surface area contributed by atoms with Crippen molar-refractivity contribution >= 4 is 5.69 Å². The third-order valence-electron chi connectivity index (χ3n) is 8.02. The van der Waals surface area contributed by atoms with Crippen molar-refractivity contribution in [3.05, 3.63) is 65.5 Å². The lowest BCUT2D eigenvalue weighted by molar-refractivity contribution is -0.137. The van der Waals surface area contributed by atoms with Crippen LogP contribution in [0.1, 0.15) is 49.1 Å². The second-order valence-electron chi connectivity index (χ2n) is 9.36. The predicted octanol–water partition coefficient (Wildman–Crippen LogP) is 4.92. The molecule has 2 unspecified atom stereocenters. The van der Waals surface area contributed by atoms with E-state index < -0.39 is 0 Å².